The van der Waals surface area contributed by atoms with Gasteiger partial charge in [-0.1, -0.05) is 0 Å². The maximum absolute atomic E-state index is 9.55. The molecule has 0 spiro atoms. The lowest BCUT2D eigenvalue weighted by atomic mass is 9.99. The number of aliphatic hydroxyl groups excluding tert-OH is 4. The molecule has 0 bridgehead atoms. The van der Waals surface area contributed by atoms with Crippen LogP contribution in [0.3, 0.4) is 0 Å². The van der Waals surface area contributed by atoms with Crippen LogP contribution in [0.5, 0.6) is 0 Å². The molecule has 5 atom stereocenters. The molecular formula is C9H19NO6. The predicted molar refractivity (Wildman–Crippen MR) is 53.4 cm³/mol. The number of hydrogen-bond donors (Lipinski definition) is 5. The van der Waals surface area contributed by atoms with E-state index >= 15 is 0 Å². The van der Waals surface area contributed by atoms with Gasteiger partial charge in [-0.15, -0.1) is 0 Å². The second-order valence-corrected chi connectivity index (χ2v) is 3.71. The van der Waals surface area contributed by atoms with Crippen LogP contribution in [0.15, 0.2) is 0 Å². The summed E-state index contributed by atoms with van der Waals surface area (Å²) in [5.74, 6) is 0. The highest BCUT2D eigenvalue weighted by Gasteiger charge is 2.43. The third-order valence-corrected chi connectivity index (χ3v) is 2.48. The van der Waals surface area contributed by atoms with Crippen LogP contribution >= 0.6 is 0 Å². The molecule has 3 unspecified atom stereocenters. The quantitative estimate of drug-likeness (QED) is 0.326. The van der Waals surface area contributed by atoms with Crippen LogP contribution < -0.4 is 5.73 Å². The summed E-state index contributed by atoms with van der Waals surface area (Å²) >= 11 is 0. The van der Waals surface area contributed by atoms with Gasteiger partial charge >= 0.3 is 0 Å². The molecule has 16 heavy (non-hydrogen) atoms. The predicted octanol–water partition coefficient (Wildman–Crippen LogP) is -2.85. The third kappa shape index (κ3) is 3.11. The van der Waals surface area contributed by atoms with Crippen molar-refractivity contribution in [2.24, 2.45) is 5.73 Å². The molecule has 0 aliphatic carbocycles. The van der Waals surface area contributed by atoms with Crippen molar-refractivity contribution < 1.29 is 29.9 Å². The highest BCUT2D eigenvalue weighted by Crippen LogP contribution is 2.21. The number of nitrogens with two attached hydrogens (primary N) is 1. The fraction of sp³-hybridized carbons (Fsp3) is 1.00. The number of ether oxygens (including phenoxy) is 2. The van der Waals surface area contributed by atoms with Gasteiger partial charge in [0.2, 0.25) is 0 Å². The van der Waals surface area contributed by atoms with Gasteiger partial charge in [0.25, 0.3) is 0 Å². The molecule has 0 amide bonds. The Morgan fingerprint density at radius 1 is 1.12 bits per heavy atom. The Hall–Kier alpha value is -0.280. The molecule has 0 aromatic carbocycles. The molecule has 0 radical (unpaired) electrons. The van der Waals surface area contributed by atoms with Crippen molar-refractivity contribution in [3.63, 3.8) is 0 Å². The third-order valence-electron chi connectivity index (χ3n) is 2.48. The standard InChI is InChI=1S/C9H19NO6/c10-2-1-3-15-9-8(14)7(13)6(12)5(4-11)16-9/h5-9,11-14H,1-4,10H2/t5?,6-,7?,8?,9+/m0/s1. The van der Waals surface area contributed by atoms with Gasteiger partial charge in [-0.2, -0.15) is 0 Å². The van der Waals surface area contributed by atoms with Crippen LogP contribution in [-0.4, -0.2) is 70.9 Å². The van der Waals surface area contributed by atoms with Gasteiger partial charge in [-0.05, 0) is 13.0 Å². The average molecular weight is 237 g/mol. The van der Waals surface area contributed by atoms with Crippen LogP contribution in [0.25, 0.3) is 0 Å². The summed E-state index contributed by atoms with van der Waals surface area (Å²) in [4.78, 5) is 0. The van der Waals surface area contributed by atoms with Crippen LogP contribution in [0.4, 0.5) is 0 Å². The Balaban J connectivity index is 2.50. The van der Waals surface area contributed by atoms with Gasteiger partial charge in [0.15, 0.2) is 6.29 Å². The van der Waals surface area contributed by atoms with Crippen molar-refractivity contribution >= 4 is 0 Å². The minimum Gasteiger partial charge on any atom is -0.394 e. The van der Waals surface area contributed by atoms with Crippen molar-refractivity contribution in [2.75, 3.05) is 19.8 Å². The summed E-state index contributed by atoms with van der Waals surface area (Å²) in [6.07, 6.45) is -5.48. The molecule has 6 N–H and O–H groups in total. The van der Waals surface area contributed by atoms with Gasteiger partial charge in [0.05, 0.1) is 13.2 Å². The molecule has 7 nitrogen and oxygen atoms in total. The van der Waals surface area contributed by atoms with E-state index in [9.17, 15) is 15.3 Å². The first-order valence-corrected chi connectivity index (χ1v) is 5.24. The van der Waals surface area contributed by atoms with E-state index in [2.05, 4.69) is 0 Å². The highest BCUT2D eigenvalue weighted by atomic mass is 16.7. The molecule has 1 saturated heterocycles. The van der Waals surface area contributed by atoms with Gasteiger partial charge in [0, 0.05) is 0 Å². The molecule has 0 aromatic heterocycles. The fourth-order valence-electron chi connectivity index (χ4n) is 1.49. The molecule has 7 heteroatoms. The van der Waals surface area contributed by atoms with Crippen molar-refractivity contribution in [1.82, 2.24) is 0 Å². The number of rotatable bonds is 5. The SMILES string of the molecule is NCCCO[C@@H]1OC(CO)[C@H](O)C(O)C1O. The zero-order chi connectivity index (χ0) is 12.1. The molecular weight excluding hydrogens is 218 g/mol. The van der Waals surface area contributed by atoms with Gasteiger partial charge in [-0.25, -0.2) is 0 Å². The van der Waals surface area contributed by atoms with E-state index in [4.69, 9.17) is 20.3 Å². The summed E-state index contributed by atoms with van der Waals surface area (Å²) in [5, 5.41) is 37.4. The Labute approximate surface area is 93.4 Å². The summed E-state index contributed by atoms with van der Waals surface area (Å²) in [7, 11) is 0. The second kappa shape index (κ2) is 6.45. The smallest absolute Gasteiger partial charge is 0.186 e. The zero-order valence-corrected chi connectivity index (χ0v) is 8.90. The monoisotopic (exact) mass is 237 g/mol. The van der Waals surface area contributed by atoms with E-state index in [-0.39, 0.29) is 6.61 Å². The number of aliphatic hydroxyl groups is 4. The first kappa shape index (κ1) is 13.8. The van der Waals surface area contributed by atoms with Crippen LogP contribution in [0.1, 0.15) is 6.42 Å². The minimum absolute atomic E-state index is 0.277. The fourth-order valence-corrected chi connectivity index (χ4v) is 1.49. The van der Waals surface area contributed by atoms with E-state index in [0.29, 0.717) is 13.0 Å². The maximum Gasteiger partial charge on any atom is 0.186 e. The molecule has 1 aliphatic rings. The van der Waals surface area contributed by atoms with Gasteiger partial charge < -0.3 is 35.6 Å². The van der Waals surface area contributed by atoms with E-state index < -0.39 is 37.3 Å². The minimum atomic E-state index is -1.39. The first-order chi connectivity index (χ1) is 7.61. The van der Waals surface area contributed by atoms with Crippen LogP contribution in [-0.2, 0) is 9.47 Å². The molecule has 96 valence electrons. The van der Waals surface area contributed by atoms with Crippen molar-refractivity contribution in [2.45, 2.75) is 37.1 Å². The Kier molecular flexibility index (Phi) is 5.56. The van der Waals surface area contributed by atoms with Crippen molar-refractivity contribution in [3.05, 3.63) is 0 Å². The summed E-state index contributed by atoms with van der Waals surface area (Å²) in [6.45, 7) is 0.262. The Bertz CT molecular complexity index is 202. The summed E-state index contributed by atoms with van der Waals surface area (Å²) in [6, 6.07) is 0. The largest absolute Gasteiger partial charge is 0.394 e. The molecule has 1 rings (SSSR count). The number of hydrogen-bond acceptors (Lipinski definition) is 7. The van der Waals surface area contributed by atoms with Crippen molar-refractivity contribution in [1.29, 1.82) is 0 Å². The normalized spacial score (nSPS) is 39.9. The second-order valence-electron chi connectivity index (χ2n) is 3.71. The first-order valence-electron chi connectivity index (χ1n) is 5.24. The van der Waals surface area contributed by atoms with Crippen LogP contribution in [0, 0.1) is 0 Å². The molecule has 0 aromatic rings. The lowest BCUT2D eigenvalue weighted by Gasteiger charge is -2.39. The maximum atomic E-state index is 9.55. The summed E-state index contributed by atoms with van der Waals surface area (Å²) < 4.78 is 10.3. The Morgan fingerprint density at radius 2 is 1.81 bits per heavy atom. The van der Waals surface area contributed by atoms with E-state index in [0.717, 1.165) is 0 Å². The topological polar surface area (TPSA) is 125 Å². The lowest BCUT2D eigenvalue weighted by Crippen LogP contribution is -2.59. The van der Waals surface area contributed by atoms with E-state index in [1.54, 1.807) is 0 Å². The molecule has 1 fully saturated rings. The van der Waals surface area contributed by atoms with E-state index in [1.165, 1.54) is 0 Å². The van der Waals surface area contributed by atoms with Gasteiger partial charge in [-0.3, -0.25) is 0 Å². The average Bonchev–Trinajstić information content (AvgIpc) is 2.29. The molecule has 1 heterocycles. The van der Waals surface area contributed by atoms with Crippen molar-refractivity contribution in [3.8, 4) is 0 Å². The summed E-state index contributed by atoms with van der Waals surface area (Å²) in [5.41, 5.74) is 5.27. The zero-order valence-electron chi connectivity index (χ0n) is 8.90. The highest BCUT2D eigenvalue weighted by molar-refractivity contribution is 4.88. The van der Waals surface area contributed by atoms with Gasteiger partial charge in [0.1, 0.15) is 24.4 Å². The van der Waals surface area contributed by atoms with E-state index in [1.807, 2.05) is 0 Å². The molecule has 1 aliphatic heterocycles. The van der Waals surface area contributed by atoms with Crippen LogP contribution in [0.2, 0.25) is 0 Å². The lowest BCUT2D eigenvalue weighted by molar-refractivity contribution is -0.301. The molecule has 0 saturated carbocycles. The Morgan fingerprint density at radius 3 is 2.38 bits per heavy atom.